The van der Waals surface area contributed by atoms with E-state index in [-0.39, 0.29) is 6.42 Å². The molecule has 0 aromatic carbocycles. The van der Waals surface area contributed by atoms with Gasteiger partial charge < -0.3 is 40.3 Å². The SMILES string of the molecule is CCCCCCCCCCCCCCCC/C=C/C(O)C(COC1OC(CO)C(O)C(OS(=O)(=O)O)C1O)NC(=O)C(O)CCCCCCCCCCCCCCCC. The number of ether oxygens (including phenoxy) is 2. The third-order valence-electron chi connectivity index (χ3n) is 11.4. The van der Waals surface area contributed by atoms with Crippen molar-refractivity contribution in [2.75, 3.05) is 13.2 Å². The van der Waals surface area contributed by atoms with Crippen LogP contribution in [0.5, 0.6) is 0 Å². The van der Waals surface area contributed by atoms with Crippen molar-refractivity contribution in [2.24, 2.45) is 0 Å². The summed E-state index contributed by atoms with van der Waals surface area (Å²) in [5, 5.41) is 55.2. The molecule has 14 heteroatoms. The van der Waals surface area contributed by atoms with Crippen molar-refractivity contribution < 1.29 is 57.0 Å². The lowest BCUT2D eigenvalue weighted by molar-refractivity contribution is -0.298. The van der Waals surface area contributed by atoms with Crippen molar-refractivity contribution in [1.29, 1.82) is 0 Å². The first-order chi connectivity index (χ1) is 28.4. The summed E-state index contributed by atoms with van der Waals surface area (Å²) in [6.45, 7) is 3.22. The lowest BCUT2D eigenvalue weighted by atomic mass is 9.99. The molecular formula is C45H87NO12S. The number of aliphatic hydroxyl groups excluding tert-OH is 5. The van der Waals surface area contributed by atoms with Crippen molar-refractivity contribution in [1.82, 2.24) is 5.32 Å². The molecule has 13 nitrogen and oxygen atoms in total. The Balaban J connectivity index is 2.58. The summed E-state index contributed by atoms with van der Waals surface area (Å²) in [4.78, 5) is 13.1. The van der Waals surface area contributed by atoms with E-state index in [9.17, 15) is 43.3 Å². The second-order valence-electron chi connectivity index (χ2n) is 16.8. The van der Waals surface area contributed by atoms with Crippen molar-refractivity contribution in [3.05, 3.63) is 12.2 Å². The lowest BCUT2D eigenvalue weighted by Gasteiger charge is -2.41. The van der Waals surface area contributed by atoms with Gasteiger partial charge >= 0.3 is 10.4 Å². The van der Waals surface area contributed by atoms with Crippen LogP contribution in [0.3, 0.4) is 0 Å². The Kier molecular flexibility index (Phi) is 34.3. The molecule has 0 aliphatic carbocycles. The number of amides is 1. The van der Waals surface area contributed by atoms with Gasteiger partial charge in [0.25, 0.3) is 0 Å². The fraction of sp³-hybridized carbons (Fsp3) is 0.933. The fourth-order valence-electron chi connectivity index (χ4n) is 7.64. The minimum Gasteiger partial charge on any atom is -0.394 e. The first kappa shape index (κ1) is 55.8. The zero-order valence-electron chi connectivity index (χ0n) is 36.9. The van der Waals surface area contributed by atoms with Crippen LogP contribution < -0.4 is 5.32 Å². The van der Waals surface area contributed by atoms with Gasteiger partial charge in [0.15, 0.2) is 6.29 Å². The second kappa shape index (κ2) is 36.3. The zero-order valence-corrected chi connectivity index (χ0v) is 37.8. The van der Waals surface area contributed by atoms with E-state index >= 15 is 0 Å². The van der Waals surface area contributed by atoms with E-state index in [1.807, 2.05) is 6.08 Å². The molecule has 7 N–H and O–H groups in total. The minimum absolute atomic E-state index is 0.248. The molecule has 59 heavy (non-hydrogen) atoms. The van der Waals surface area contributed by atoms with Gasteiger partial charge in [-0.2, -0.15) is 8.42 Å². The number of carbonyl (C=O) groups is 1. The first-order valence-corrected chi connectivity index (χ1v) is 25.0. The van der Waals surface area contributed by atoms with Gasteiger partial charge in [0.05, 0.1) is 25.4 Å². The average Bonchev–Trinajstić information content (AvgIpc) is 3.20. The molecule has 1 amide bonds. The molecule has 0 aromatic heterocycles. The van der Waals surface area contributed by atoms with E-state index < -0.39 is 78.5 Å². The van der Waals surface area contributed by atoms with E-state index in [2.05, 4.69) is 23.3 Å². The summed E-state index contributed by atoms with van der Waals surface area (Å²) in [6.07, 6.45) is 27.2. The van der Waals surface area contributed by atoms with Gasteiger partial charge in [-0.05, 0) is 19.3 Å². The number of unbranched alkanes of at least 4 members (excludes halogenated alkanes) is 27. The lowest BCUT2D eigenvalue weighted by Crippen LogP contribution is -2.61. The topological polar surface area (TPSA) is 212 Å². The average molecular weight is 866 g/mol. The number of nitrogens with one attached hydrogen (secondary N) is 1. The summed E-state index contributed by atoms with van der Waals surface area (Å²) in [6, 6.07) is -1.11. The molecule has 1 aliphatic heterocycles. The Labute approximate surface area is 358 Å². The van der Waals surface area contributed by atoms with Gasteiger partial charge in [0.1, 0.15) is 30.5 Å². The fourth-order valence-corrected chi connectivity index (χ4v) is 8.15. The molecule has 1 saturated heterocycles. The Hall–Kier alpha value is -1.20. The highest BCUT2D eigenvalue weighted by molar-refractivity contribution is 7.80. The Morgan fingerprint density at radius 2 is 1.10 bits per heavy atom. The molecule has 1 rings (SSSR count). The normalized spacial score (nSPS) is 21.5. The number of allylic oxidation sites excluding steroid dienone is 1. The molecule has 8 atom stereocenters. The standard InChI is InChI=1S/C45H87NO12S/c1-3-5-7-9-11-13-15-17-19-20-22-23-25-27-29-31-33-38(48)37(36-56-45-42(51)43(58-59(53,54)55)41(50)40(35-47)57-45)46-44(52)39(49)34-32-30-28-26-24-21-18-16-14-12-10-8-6-4-2/h31,33,37-43,45,47-51H,3-30,32,34-36H2,1-2H3,(H,46,52)(H,53,54,55)/b33-31+. The summed E-state index contributed by atoms with van der Waals surface area (Å²) >= 11 is 0. The van der Waals surface area contributed by atoms with Crippen LogP contribution >= 0.6 is 0 Å². The van der Waals surface area contributed by atoms with Crippen LogP contribution in [-0.4, -0.2) is 107 Å². The molecule has 350 valence electrons. The van der Waals surface area contributed by atoms with Crippen LogP contribution in [0, 0.1) is 0 Å². The van der Waals surface area contributed by atoms with E-state index in [0.717, 1.165) is 38.5 Å². The Morgan fingerprint density at radius 3 is 1.53 bits per heavy atom. The van der Waals surface area contributed by atoms with Gasteiger partial charge in [-0.15, -0.1) is 0 Å². The maximum Gasteiger partial charge on any atom is 0.397 e. The molecule has 1 heterocycles. The van der Waals surface area contributed by atoms with Crippen molar-refractivity contribution >= 4 is 16.3 Å². The molecular weight excluding hydrogens is 779 g/mol. The van der Waals surface area contributed by atoms with Crippen molar-refractivity contribution in [2.45, 2.75) is 255 Å². The van der Waals surface area contributed by atoms with Gasteiger partial charge in [-0.1, -0.05) is 199 Å². The maximum atomic E-state index is 13.1. The molecule has 1 aliphatic rings. The van der Waals surface area contributed by atoms with Gasteiger partial charge in [-0.25, -0.2) is 4.18 Å². The van der Waals surface area contributed by atoms with Crippen LogP contribution in [0.25, 0.3) is 0 Å². The first-order valence-electron chi connectivity index (χ1n) is 23.7. The molecule has 0 saturated carbocycles. The van der Waals surface area contributed by atoms with E-state index in [1.165, 1.54) is 135 Å². The highest BCUT2D eigenvalue weighted by Crippen LogP contribution is 2.26. The summed E-state index contributed by atoms with van der Waals surface area (Å²) < 4.78 is 47.5. The predicted molar refractivity (Wildman–Crippen MR) is 233 cm³/mol. The molecule has 0 spiro atoms. The Bertz CT molecular complexity index is 1130. The molecule has 0 bridgehead atoms. The molecule has 1 fully saturated rings. The maximum absolute atomic E-state index is 13.1. The largest absolute Gasteiger partial charge is 0.397 e. The number of hydrogen-bond acceptors (Lipinski definition) is 11. The summed E-state index contributed by atoms with van der Waals surface area (Å²) in [5.74, 6) is -0.700. The van der Waals surface area contributed by atoms with E-state index in [1.54, 1.807) is 6.08 Å². The zero-order chi connectivity index (χ0) is 43.6. The number of carbonyl (C=O) groups excluding carboxylic acids is 1. The van der Waals surface area contributed by atoms with Gasteiger partial charge in [0.2, 0.25) is 5.91 Å². The third kappa shape index (κ3) is 28.9. The third-order valence-corrected chi connectivity index (χ3v) is 11.9. The Morgan fingerprint density at radius 1 is 0.678 bits per heavy atom. The van der Waals surface area contributed by atoms with Crippen LogP contribution in [0.4, 0.5) is 0 Å². The van der Waals surface area contributed by atoms with E-state index in [0.29, 0.717) is 12.8 Å². The van der Waals surface area contributed by atoms with Crippen molar-refractivity contribution in [3.8, 4) is 0 Å². The smallest absolute Gasteiger partial charge is 0.394 e. The van der Waals surface area contributed by atoms with Crippen LogP contribution in [0.2, 0.25) is 0 Å². The van der Waals surface area contributed by atoms with E-state index in [4.69, 9.17) is 9.47 Å². The quantitative estimate of drug-likeness (QED) is 0.0177. The minimum atomic E-state index is -5.11. The summed E-state index contributed by atoms with van der Waals surface area (Å²) in [7, 11) is -5.11. The monoisotopic (exact) mass is 866 g/mol. The molecule has 8 unspecified atom stereocenters. The second-order valence-corrected chi connectivity index (χ2v) is 17.9. The van der Waals surface area contributed by atoms with Gasteiger partial charge in [-0.3, -0.25) is 9.35 Å². The predicted octanol–water partition coefficient (Wildman–Crippen LogP) is 8.14. The summed E-state index contributed by atoms with van der Waals surface area (Å²) in [5.41, 5.74) is 0. The van der Waals surface area contributed by atoms with Crippen LogP contribution in [-0.2, 0) is 28.9 Å². The number of rotatable bonds is 40. The van der Waals surface area contributed by atoms with Gasteiger partial charge in [0, 0.05) is 0 Å². The van der Waals surface area contributed by atoms with Crippen LogP contribution in [0.15, 0.2) is 12.2 Å². The number of hydrogen-bond donors (Lipinski definition) is 7. The molecule has 0 radical (unpaired) electrons. The van der Waals surface area contributed by atoms with Crippen LogP contribution in [0.1, 0.15) is 206 Å². The van der Waals surface area contributed by atoms with Crippen molar-refractivity contribution in [3.63, 3.8) is 0 Å². The number of aliphatic hydroxyl groups is 5. The highest BCUT2D eigenvalue weighted by atomic mass is 32.3. The highest BCUT2D eigenvalue weighted by Gasteiger charge is 2.48. The molecule has 0 aromatic rings.